The maximum atomic E-state index is 9.62. The molecule has 2 nitrogen and oxygen atoms in total. The lowest BCUT2D eigenvalue weighted by Gasteiger charge is -2.27. The zero-order valence-corrected chi connectivity index (χ0v) is 9.43. The quantitative estimate of drug-likeness (QED) is 0.640. The van der Waals surface area contributed by atoms with E-state index < -0.39 is 5.60 Å². The summed E-state index contributed by atoms with van der Waals surface area (Å²) in [6, 6.07) is 0. The molecule has 0 aliphatic rings. The predicted molar refractivity (Wildman–Crippen MR) is 57.8 cm³/mol. The topological polar surface area (TPSA) is 23.5 Å². The number of aliphatic hydroxyl groups is 1. The van der Waals surface area contributed by atoms with Gasteiger partial charge in [0.15, 0.2) is 0 Å². The van der Waals surface area contributed by atoms with Crippen LogP contribution in [-0.4, -0.2) is 35.2 Å². The first-order chi connectivity index (χ1) is 5.85. The standard InChI is InChI=1S/C11H23NO/c1-6-12(8-7-10(2)3)9-11(4,5)13/h13H,2,6-9H2,1,3-5H3. The third-order valence-corrected chi connectivity index (χ3v) is 1.91. The minimum atomic E-state index is -0.592. The molecular formula is C11H23NO. The molecule has 0 aromatic carbocycles. The Bertz CT molecular complexity index is 158. The molecule has 1 N–H and O–H groups in total. The highest BCUT2D eigenvalue weighted by molar-refractivity contribution is 4.89. The normalized spacial score (nSPS) is 12.2. The number of rotatable bonds is 6. The summed E-state index contributed by atoms with van der Waals surface area (Å²) >= 11 is 0. The van der Waals surface area contributed by atoms with Gasteiger partial charge in [-0.2, -0.15) is 0 Å². The first kappa shape index (κ1) is 12.7. The van der Waals surface area contributed by atoms with Crippen molar-refractivity contribution in [3.8, 4) is 0 Å². The zero-order chi connectivity index (χ0) is 10.5. The van der Waals surface area contributed by atoms with Gasteiger partial charge < -0.3 is 10.0 Å². The Hall–Kier alpha value is -0.340. The van der Waals surface area contributed by atoms with E-state index in [1.54, 1.807) is 0 Å². The van der Waals surface area contributed by atoms with Crippen LogP contribution in [0.5, 0.6) is 0 Å². The maximum Gasteiger partial charge on any atom is 0.0718 e. The lowest BCUT2D eigenvalue weighted by molar-refractivity contribution is 0.0382. The minimum absolute atomic E-state index is 0.592. The Labute approximate surface area is 82.3 Å². The fourth-order valence-corrected chi connectivity index (χ4v) is 1.25. The first-order valence-electron chi connectivity index (χ1n) is 4.94. The van der Waals surface area contributed by atoms with Crippen molar-refractivity contribution in [1.82, 2.24) is 4.90 Å². The van der Waals surface area contributed by atoms with Crippen molar-refractivity contribution in [2.75, 3.05) is 19.6 Å². The van der Waals surface area contributed by atoms with Gasteiger partial charge >= 0.3 is 0 Å². The van der Waals surface area contributed by atoms with E-state index in [1.165, 1.54) is 5.57 Å². The van der Waals surface area contributed by atoms with Crippen molar-refractivity contribution >= 4 is 0 Å². The molecule has 0 atom stereocenters. The Morgan fingerprint density at radius 1 is 1.46 bits per heavy atom. The fourth-order valence-electron chi connectivity index (χ4n) is 1.25. The van der Waals surface area contributed by atoms with Gasteiger partial charge in [-0.1, -0.05) is 12.5 Å². The molecule has 0 fully saturated rings. The van der Waals surface area contributed by atoms with Gasteiger partial charge in [-0.25, -0.2) is 0 Å². The lowest BCUT2D eigenvalue weighted by atomic mass is 10.1. The van der Waals surface area contributed by atoms with E-state index >= 15 is 0 Å². The van der Waals surface area contributed by atoms with Crippen molar-refractivity contribution < 1.29 is 5.11 Å². The van der Waals surface area contributed by atoms with E-state index in [2.05, 4.69) is 18.4 Å². The highest BCUT2D eigenvalue weighted by Gasteiger charge is 2.16. The summed E-state index contributed by atoms with van der Waals surface area (Å²) in [4.78, 5) is 2.24. The van der Waals surface area contributed by atoms with Crippen molar-refractivity contribution in [3.05, 3.63) is 12.2 Å². The summed E-state index contributed by atoms with van der Waals surface area (Å²) in [6.45, 7) is 14.4. The number of hydrogen-bond donors (Lipinski definition) is 1. The molecule has 0 heterocycles. The van der Waals surface area contributed by atoms with Gasteiger partial charge in [0.2, 0.25) is 0 Å². The van der Waals surface area contributed by atoms with Crippen molar-refractivity contribution in [2.45, 2.75) is 39.7 Å². The van der Waals surface area contributed by atoms with Crippen molar-refractivity contribution in [2.24, 2.45) is 0 Å². The fraction of sp³-hybridized carbons (Fsp3) is 0.818. The molecular weight excluding hydrogens is 162 g/mol. The first-order valence-corrected chi connectivity index (χ1v) is 4.94. The number of nitrogens with zero attached hydrogens (tertiary/aromatic N) is 1. The van der Waals surface area contributed by atoms with Crippen molar-refractivity contribution in [3.63, 3.8) is 0 Å². The van der Waals surface area contributed by atoms with Gasteiger partial charge in [0, 0.05) is 13.1 Å². The van der Waals surface area contributed by atoms with Gasteiger partial charge in [0.25, 0.3) is 0 Å². The van der Waals surface area contributed by atoms with Crippen molar-refractivity contribution in [1.29, 1.82) is 0 Å². The highest BCUT2D eigenvalue weighted by atomic mass is 16.3. The molecule has 0 saturated heterocycles. The van der Waals surface area contributed by atoms with Gasteiger partial charge in [0.05, 0.1) is 5.60 Å². The van der Waals surface area contributed by atoms with E-state index in [-0.39, 0.29) is 0 Å². The van der Waals surface area contributed by atoms with Crippen LogP contribution in [0.3, 0.4) is 0 Å². The second kappa shape index (κ2) is 5.40. The summed E-state index contributed by atoms with van der Waals surface area (Å²) < 4.78 is 0. The van der Waals surface area contributed by atoms with Crippen LogP contribution in [-0.2, 0) is 0 Å². The second-order valence-electron chi connectivity index (χ2n) is 4.39. The Morgan fingerprint density at radius 2 is 2.00 bits per heavy atom. The summed E-state index contributed by atoms with van der Waals surface area (Å²) in [5, 5.41) is 9.62. The van der Waals surface area contributed by atoms with Crippen LogP contribution in [0, 0.1) is 0 Å². The number of likely N-dealkylation sites (N-methyl/N-ethyl adjacent to an activating group) is 1. The molecule has 78 valence electrons. The molecule has 2 heteroatoms. The van der Waals surface area contributed by atoms with Crippen LogP contribution in [0.4, 0.5) is 0 Å². The molecule has 0 saturated carbocycles. The van der Waals surface area contributed by atoms with Gasteiger partial charge in [-0.3, -0.25) is 0 Å². The third-order valence-electron chi connectivity index (χ3n) is 1.91. The van der Waals surface area contributed by atoms with E-state index in [0.29, 0.717) is 0 Å². The van der Waals surface area contributed by atoms with Crippen LogP contribution in [0.1, 0.15) is 34.1 Å². The third kappa shape index (κ3) is 8.00. The molecule has 0 aliphatic heterocycles. The van der Waals surface area contributed by atoms with Crippen LogP contribution in [0.15, 0.2) is 12.2 Å². The second-order valence-corrected chi connectivity index (χ2v) is 4.39. The van der Waals surface area contributed by atoms with Gasteiger partial charge in [0.1, 0.15) is 0 Å². The molecule has 13 heavy (non-hydrogen) atoms. The monoisotopic (exact) mass is 185 g/mol. The predicted octanol–water partition coefficient (Wildman–Crippen LogP) is 2.05. The van der Waals surface area contributed by atoms with Crippen LogP contribution in [0.2, 0.25) is 0 Å². The summed E-state index contributed by atoms with van der Waals surface area (Å²) in [6.07, 6.45) is 1.02. The van der Waals surface area contributed by atoms with Gasteiger partial charge in [-0.15, -0.1) is 6.58 Å². The minimum Gasteiger partial charge on any atom is -0.389 e. The van der Waals surface area contributed by atoms with Gasteiger partial charge in [-0.05, 0) is 33.7 Å². The van der Waals surface area contributed by atoms with E-state index in [0.717, 1.165) is 26.1 Å². The summed E-state index contributed by atoms with van der Waals surface area (Å²) in [5.74, 6) is 0. The smallest absolute Gasteiger partial charge is 0.0718 e. The Kier molecular flexibility index (Phi) is 5.26. The van der Waals surface area contributed by atoms with E-state index in [1.807, 2.05) is 20.8 Å². The average Bonchev–Trinajstić information content (AvgIpc) is 1.95. The summed E-state index contributed by atoms with van der Waals surface area (Å²) in [7, 11) is 0. The SMILES string of the molecule is C=C(C)CCN(CC)CC(C)(C)O. The van der Waals surface area contributed by atoms with E-state index in [9.17, 15) is 5.11 Å². The zero-order valence-electron chi connectivity index (χ0n) is 9.43. The lowest BCUT2D eigenvalue weighted by Crippen LogP contribution is -2.39. The van der Waals surface area contributed by atoms with Crippen LogP contribution >= 0.6 is 0 Å². The molecule has 0 aromatic heterocycles. The largest absolute Gasteiger partial charge is 0.389 e. The molecule has 0 aromatic rings. The molecule has 0 spiro atoms. The Balaban J connectivity index is 3.83. The van der Waals surface area contributed by atoms with Crippen LogP contribution < -0.4 is 0 Å². The molecule has 0 rings (SSSR count). The summed E-state index contributed by atoms with van der Waals surface area (Å²) in [5.41, 5.74) is 0.611. The molecule has 0 amide bonds. The molecule has 0 aliphatic carbocycles. The van der Waals surface area contributed by atoms with Crippen LogP contribution in [0.25, 0.3) is 0 Å². The number of hydrogen-bond acceptors (Lipinski definition) is 2. The average molecular weight is 185 g/mol. The maximum absolute atomic E-state index is 9.62. The molecule has 0 radical (unpaired) electrons. The van der Waals surface area contributed by atoms with E-state index in [4.69, 9.17) is 0 Å². The highest BCUT2D eigenvalue weighted by Crippen LogP contribution is 2.06. The Morgan fingerprint density at radius 3 is 2.31 bits per heavy atom. The molecule has 0 bridgehead atoms. The molecule has 0 unspecified atom stereocenters.